The maximum absolute atomic E-state index is 13.7. The normalized spacial score (nSPS) is 11.3. The molecular formula is C31H24ClFN4O3. The van der Waals surface area contributed by atoms with Crippen LogP contribution in [-0.2, 0) is 0 Å². The molecule has 6 rings (SSSR count). The van der Waals surface area contributed by atoms with Crippen molar-refractivity contribution in [2.45, 2.75) is 6.92 Å². The highest BCUT2D eigenvalue weighted by Crippen LogP contribution is 2.42. The van der Waals surface area contributed by atoms with Crippen molar-refractivity contribution in [1.29, 1.82) is 0 Å². The quantitative estimate of drug-likeness (QED) is 0.228. The summed E-state index contributed by atoms with van der Waals surface area (Å²) in [7, 11) is 3.54. The predicted molar refractivity (Wildman–Crippen MR) is 155 cm³/mol. The second-order valence-electron chi connectivity index (χ2n) is 9.35. The SMILES string of the molecule is CCN(C)c1cc2oc(-c3ccc(F)cc3)c(C(=O)NC)c2cc1-c1cc(Cl)cc(-c2nc3cccnc3o2)c1. The standard InChI is InChI=1S/C31H24ClFN4O3/c1-4-37(3)25-16-26-23(27(29(38)34-2)28(39-26)17-7-9-21(33)10-8-17)15-22(25)18-12-19(14-20(32)13-18)30-36-24-6-5-11-35-31(24)40-30/h5-16H,4H2,1-3H3,(H,34,38). The average Bonchev–Trinajstić information content (AvgIpc) is 3.57. The maximum atomic E-state index is 13.7. The lowest BCUT2D eigenvalue weighted by molar-refractivity contribution is 0.0964. The molecule has 7 nitrogen and oxygen atoms in total. The van der Waals surface area contributed by atoms with Crippen LogP contribution in [0.4, 0.5) is 10.1 Å². The highest BCUT2D eigenvalue weighted by molar-refractivity contribution is 6.31. The minimum Gasteiger partial charge on any atom is -0.455 e. The van der Waals surface area contributed by atoms with Gasteiger partial charge in [0.2, 0.25) is 11.6 Å². The molecule has 200 valence electrons. The van der Waals surface area contributed by atoms with E-state index in [-0.39, 0.29) is 11.7 Å². The van der Waals surface area contributed by atoms with Crippen LogP contribution in [-0.4, -0.2) is 36.5 Å². The van der Waals surface area contributed by atoms with Gasteiger partial charge in [0.15, 0.2) is 0 Å². The zero-order valence-electron chi connectivity index (χ0n) is 22.0. The number of benzene rings is 3. The van der Waals surface area contributed by atoms with Crippen molar-refractivity contribution in [3.05, 3.63) is 89.3 Å². The van der Waals surface area contributed by atoms with Crippen LogP contribution >= 0.6 is 11.6 Å². The van der Waals surface area contributed by atoms with Gasteiger partial charge < -0.3 is 19.1 Å². The zero-order chi connectivity index (χ0) is 28.0. The van der Waals surface area contributed by atoms with Gasteiger partial charge in [0.05, 0.1) is 5.56 Å². The molecule has 0 unspecified atom stereocenters. The fourth-order valence-corrected chi connectivity index (χ4v) is 5.00. The van der Waals surface area contributed by atoms with Gasteiger partial charge >= 0.3 is 0 Å². The summed E-state index contributed by atoms with van der Waals surface area (Å²) in [6, 6.07) is 19.0. The number of pyridine rings is 1. The summed E-state index contributed by atoms with van der Waals surface area (Å²) in [6.45, 7) is 2.77. The third-order valence-corrected chi connectivity index (χ3v) is 7.09. The van der Waals surface area contributed by atoms with E-state index in [1.807, 2.05) is 44.3 Å². The smallest absolute Gasteiger partial charge is 0.255 e. The molecular weight excluding hydrogens is 531 g/mol. The molecule has 0 radical (unpaired) electrons. The van der Waals surface area contributed by atoms with E-state index in [0.29, 0.717) is 55.6 Å². The Bertz CT molecular complexity index is 1860. The summed E-state index contributed by atoms with van der Waals surface area (Å²) in [4.78, 5) is 24.1. The van der Waals surface area contributed by atoms with Crippen LogP contribution in [0.15, 0.2) is 81.8 Å². The number of oxazole rings is 1. The molecule has 9 heteroatoms. The van der Waals surface area contributed by atoms with Crippen LogP contribution in [0.2, 0.25) is 5.02 Å². The lowest BCUT2D eigenvalue weighted by atomic mass is 9.96. The zero-order valence-corrected chi connectivity index (χ0v) is 22.7. The fraction of sp³-hybridized carbons (Fsp3) is 0.129. The lowest BCUT2D eigenvalue weighted by Gasteiger charge is -2.21. The number of rotatable bonds is 6. The topological polar surface area (TPSA) is 84.4 Å². The Balaban J connectivity index is 1.59. The highest BCUT2D eigenvalue weighted by atomic mass is 35.5. The van der Waals surface area contributed by atoms with E-state index in [9.17, 15) is 9.18 Å². The van der Waals surface area contributed by atoms with E-state index < -0.39 is 0 Å². The van der Waals surface area contributed by atoms with Crippen molar-refractivity contribution < 1.29 is 18.0 Å². The summed E-state index contributed by atoms with van der Waals surface area (Å²) >= 11 is 6.62. The Morgan fingerprint density at radius 2 is 1.80 bits per heavy atom. The Morgan fingerprint density at radius 1 is 1.02 bits per heavy atom. The second-order valence-corrected chi connectivity index (χ2v) is 9.78. The molecule has 3 heterocycles. The van der Waals surface area contributed by atoms with Gasteiger partial charge in [-0.05, 0) is 73.2 Å². The first kappa shape index (κ1) is 25.6. The van der Waals surface area contributed by atoms with Crippen LogP contribution in [0.3, 0.4) is 0 Å². The van der Waals surface area contributed by atoms with E-state index in [1.165, 1.54) is 12.1 Å². The number of nitrogens with zero attached hydrogens (tertiary/aromatic N) is 3. The highest BCUT2D eigenvalue weighted by Gasteiger charge is 2.24. The van der Waals surface area contributed by atoms with Crippen molar-refractivity contribution in [2.24, 2.45) is 0 Å². The molecule has 0 aliphatic heterocycles. The fourth-order valence-electron chi connectivity index (χ4n) is 4.77. The molecule has 1 amide bonds. The largest absolute Gasteiger partial charge is 0.455 e. The average molecular weight is 555 g/mol. The first-order chi connectivity index (χ1) is 19.4. The summed E-state index contributed by atoms with van der Waals surface area (Å²) < 4.78 is 25.8. The van der Waals surface area contributed by atoms with Crippen molar-refractivity contribution in [3.63, 3.8) is 0 Å². The second kappa shape index (κ2) is 10.1. The number of hydrogen-bond donors (Lipinski definition) is 1. The lowest BCUT2D eigenvalue weighted by Crippen LogP contribution is -2.18. The summed E-state index contributed by atoms with van der Waals surface area (Å²) in [5, 5.41) is 3.83. The van der Waals surface area contributed by atoms with Gasteiger partial charge in [-0.3, -0.25) is 4.79 Å². The number of anilines is 1. The summed E-state index contributed by atoms with van der Waals surface area (Å²) in [5.74, 6) is 0.0765. The van der Waals surface area contributed by atoms with Crippen molar-refractivity contribution >= 4 is 45.4 Å². The van der Waals surface area contributed by atoms with Gasteiger partial charge in [0, 0.05) is 65.7 Å². The Hall–Kier alpha value is -4.69. The summed E-state index contributed by atoms with van der Waals surface area (Å²) in [5.41, 5.74) is 5.79. The third-order valence-electron chi connectivity index (χ3n) is 6.87. The molecule has 0 aliphatic carbocycles. The number of aromatic nitrogens is 2. The molecule has 6 aromatic rings. The van der Waals surface area contributed by atoms with Gasteiger partial charge in [-0.1, -0.05) is 11.6 Å². The third kappa shape index (κ3) is 4.46. The minimum absolute atomic E-state index is 0.314. The van der Waals surface area contributed by atoms with E-state index in [1.54, 1.807) is 37.5 Å². The number of fused-ring (bicyclic) bond motifs is 2. The number of amides is 1. The van der Waals surface area contributed by atoms with Gasteiger partial charge in [-0.25, -0.2) is 14.4 Å². The van der Waals surface area contributed by atoms with E-state index in [4.69, 9.17) is 20.4 Å². The van der Waals surface area contributed by atoms with Gasteiger partial charge in [-0.15, -0.1) is 0 Å². The number of hydrogen-bond acceptors (Lipinski definition) is 6. The molecule has 0 atom stereocenters. The minimum atomic E-state index is -0.373. The van der Waals surface area contributed by atoms with Crippen LogP contribution in [0.1, 0.15) is 17.3 Å². The number of nitrogens with one attached hydrogen (secondary N) is 1. The number of carbonyl (C=O) groups is 1. The molecule has 0 saturated heterocycles. The van der Waals surface area contributed by atoms with Crippen molar-refractivity contribution in [1.82, 2.24) is 15.3 Å². The van der Waals surface area contributed by atoms with Gasteiger partial charge in [0.25, 0.3) is 5.91 Å². The van der Waals surface area contributed by atoms with E-state index >= 15 is 0 Å². The Labute approximate surface area is 234 Å². The van der Waals surface area contributed by atoms with E-state index in [2.05, 4.69) is 20.2 Å². The number of furan rings is 1. The predicted octanol–water partition coefficient (Wildman–Crippen LogP) is 7.58. The molecule has 1 N–H and O–H groups in total. The van der Waals surface area contributed by atoms with E-state index in [0.717, 1.165) is 23.4 Å². The molecule has 40 heavy (non-hydrogen) atoms. The van der Waals surface area contributed by atoms with Crippen LogP contribution < -0.4 is 10.2 Å². The van der Waals surface area contributed by atoms with Gasteiger partial charge in [-0.2, -0.15) is 0 Å². The van der Waals surface area contributed by atoms with Crippen molar-refractivity contribution in [3.8, 4) is 33.9 Å². The number of halogens is 2. The first-order valence-corrected chi connectivity index (χ1v) is 13.1. The Morgan fingerprint density at radius 3 is 2.52 bits per heavy atom. The molecule has 3 aromatic heterocycles. The van der Waals surface area contributed by atoms with Gasteiger partial charge in [0.1, 0.15) is 22.7 Å². The van der Waals surface area contributed by atoms with Crippen molar-refractivity contribution in [2.75, 3.05) is 25.5 Å². The van der Waals surface area contributed by atoms with Crippen LogP contribution in [0.5, 0.6) is 0 Å². The molecule has 0 spiro atoms. The molecule has 0 bridgehead atoms. The monoisotopic (exact) mass is 554 g/mol. The maximum Gasteiger partial charge on any atom is 0.255 e. The molecule has 0 saturated carbocycles. The molecule has 0 fully saturated rings. The van der Waals surface area contributed by atoms with Crippen LogP contribution in [0, 0.1) is 5.82 Å². The Kier molecular flexibility index (Phi) is 6.48. The summed E-state index contributed by atoms with van der Waals surface area (Å²) in [6.07, 6.45) is 1.65. The van der Waals surface area contributed by atoms with Crippen LogP contribution in [0.25, 0.3) is 56.1 Å². The number of carbonyl (C=O) groups excluding carboxylic acids is 1. The molecule has 3 aromatic carbocycles. The first-order valence-electron chi connectivity index (χ1n) is 12.7. The molecule has 0 aliphatic rings.